The van der Waals surface area contributed by atoms with Crippen LogP contribution in [0.1, 0.15) is 9.67 Å². The van der Waals surface area contributed by atoms with Gasteiger partial charge in [0, 0.05) is 22.0 Å². The summed E-state index contributed by atoms with van der Waals surface area (Å²) < 4.78 is 10.7. The smallest absolute Gasteiger partial charge is 0.268 e. The number of thiophene rings is 1. The number of rotatable bonds is 6. The van der Waals surface area contributed by atoms with Gasteiger partial charge in [-0.2, -0.15) is 0 Å². The lowest BCUT2D eigenvalue weighted by Crippen LogP contribution is -2.13. The molecular formula is C28H22ClN3O3S. The minimum Gasteiger partial charge on any atom is -0.497 e. The first-order chi connectivity index (χ1) is 17.5. The molecule has 0 saturated carbocycles. The first-order valence-electron chi connectivity index (χ1n) is 11.1. The Morgan fingerprint density at radius 2 is 1.69 bits per heavy atom. The standard InChI is InChI=1S/C28H22ClN3O3S/c1-34-19-12-13-23(35-2)22(14-19)31-27(33)26-25(30)24-20(16-8-10-18(29)11-9-16)15-21(32-28(24)36-26)17-6-4-3-5-7-17/h3-15H,30H2,1-2H3,(H,31,33). The summed E-state index contributed by atoms with van der Waals surface area (Å²) in [6.45, 7) is 0. The molecule has 0 atom stereocenters. The summed E-state index contributed by atoms with van der Waals surface area (Å²) in [7, 11) is 3.10. The fourth-order valence-electron chi connectivity index (χ4n) is 3.99. The molecule has 2 heterocycles. The molecule has 180 valence electrons. The number of anilines is 2. The third-order valence-electron chi connectivity index (χ3n) is 5.78. The van der Waals surface area contributed by atoms with Gasteiger partial charge in [0.05, 0.1) is 31.3 Å². The number of hydrogen-bond donors (Lipinski definition) is 2. The number of carbonyl (C=O) groups is 1. The molecule has 0 spiro atoms. The lowest BCUT2D eigenvalue weighted by molar-refractivity contribution is 0.103. The molecule has 0 unspecified atom stereocenters. The van der Waals surface area contributed by atoms with Gasteiger partial charge in [-0.1, -0.05) is 54.1 Å². The molecule has 8 heteroatoms. The maximum atomic E-state index is 13.4. The molecule has 0 saturated heterocycles. The van der Waals surface area contributed by atoms with E-state index >= 15 is 0 Å². The normalized spacial score (nSPS) is 10.9. The van der Waals surface area contributed by atoms with Crippen molar-refractivity contribution < 1.29 is 14.3 Å². The SMILES string of the molecule is COc1ccc(OC)c(NC(=O)c2sc3nc(-c4ccccc4)cc(-c4ccc(Cl)cc4)c3c2N)c1. The van der Waals surface area contributed by atoms with Crippen LogP contribution >= 0.6 is 22.9 Å². The van der Waals surface area contributed by atoms with Crippen LogP contribution < -0.4 is 20.5 Å². The number of nitrogen functional groups attached to an aromatic ring is 1. The summed E-state index contributed by atoms with van der Waals surface area (Å²) in [4.78, 5) is 19.3. The third kappa shape index (κ3) is 4.46. The van der Waals surface area contributed by atoms with Gasteiger partial charge in [0.1, 0.15) is 21.2 Å². The molecule has 3 N–H and O–H groups in total. The molecule has 0 radical (unpaired) electrons. The highest BCUT2D eigenvalue weighted by atomic mass is 35.5. The van der Waals surface area contributed by atoms with Crippen LogP contribution in [0.3, 0.4) is 0 Å². The Morgan fingerprint density at radius 1 is 0.944 bits per heavy atom. The zero-order valence-electron chi connectivity index (χ0n) is 19.5. The lowest BCUT2D eigenvalue weighted by Gasteiger charge is -2.11. The summed E-state index contributed by atoms with van der Waals surface area (Å²) in [6, 6.07) is 24.6. The quantitative estimate of drug-likeness (QED) is 0.251. The Bertz CT molecular complexity index is 1570. The van der Waals surface area contributed by atoms with Crippen LogP contribution in [0.5, 0.6) is 11.5 Å². The first kappa shape index (κ1) is 23.7. The fraction of sp³-hybridized carbons (Fsp3) is 0.0714. The van der Waals surface area contributed by atoms with E-state index in [4.69, 9.17) is 31.8 Å². The highest BCUT2D eigenvalue weighted by Crippen LogP contribution is 2.42. The van der Waals surface area contributed by atoms with Gasteiger partial charge in [-0.05, 0) is 41.5 Å². The molecule has 0 aliphatic heterocycles. The van der Waals surface area contributed by atoms with Crippen molar-refractivity contribution in [2.75, 3.05) is 25.3 Å². The maximum Gasteiger partial charge on any atom is 0.268 e. The monoisotopic (exact) mass is 515 g/mol. The number of halogens is 1. The van der Waals surface area contributed by atoms with E-state index in [9.17, 15) is 4.79 Å². The Kier molecular flexibility index (Phi) is 6.50. The highest BCUT2D eigenvalue weighted by Gasteiger charge is 2.22. The Morgan fingerprint density at radius 3 is 2.39 bits per heavy atom. The Labute approximate surface area is 217 Å². The number of amides is 1. The molecule has 0 aliphatic carbocycles. The largest absolute Gasteiger partial charge is 0.497 e. The predicted molar refractivity (Wildman–Crippen MR) is 147 cm³/mol. The molecule has 2 aromatic heterocycles. The fourth-order valence-corrected chi connectivity index (χ4v) is 5.14. The average molecular weight is 516 g/mol. The molecule has 5 aromatic rings. The molecule has 0 fully saturated rings. The molecule has 3 aromatic carbocycles. The van der Waals surface area contributed by atoms with E-state index in [1.54, 1.807) is 32.4 Å². The number of fused-ring (bicyclic) bond motifs is 1. The van der Waals surface area contributed by atoms with E-state index < -0.39 is 0 Å². The van der Waals surface area contributed by atoms with Crippen molar-refractivity contribution in [3.8, 4) is 33.9 Å². The summed E-state index contributed by atoms with van der Waals surface area (Å²) in [6.07, 6.45) is 0. The number of methoxy groups -OCH3 is 2. The minimum atomic E-state index is -0.356. The number of benzene rings is 3. The van der Waals surface area contributed by atoms with Gasteiger partial charge in [0.25, 0.3) is 5.91 Å². The molecule has 0 bridgehead atoms. The number of carbonyl (C=O) groups excluding carboxylic acids is 1. The lowest BCUT2D eigenvalue weighted by atomic mass is 9.99. The van der Waals surface area contributed by atoms with E-state index in [-0.39, 0.29) is 5.91 Å². The van der Waals surface area contributed by atoms with Crippen molar-refractivity contribution in [3.05, 3.63) is 88.8 Å². The average Bonchev–Trinajstić information content (AvgIpc) is 3.25. The summed E-state index contributed by atoms with van der Waals surface area (Å²) >= 11 is 7.39. The van der Waals surface area contributed by atoms with Crippen molar-refractivity contribution in [3.63, 3.8) is 0 Å². The van der Waals surface area contributed by atoms with E-state index in [0.717, 1.165) is 27.8 Å². The van der Waals surface area contributed by atoms with Crippen LogP contribution in [-0.2, 0) is 0 Å². The Balaban J connectivity index is 1.65. The number of pyridine rings is 1. The van der Waals surface area contributed by atoms with Crippen molar-refractivity contribution in [1.29, 1.82) is 0 Å². The van der Waals surface area contributed by atoms with Crippen molar-refractivity contribution in [2.24, 2.45) is 0 Å². The van der Waals surface area contributed by atoms with Crippen LogP contribution in [0, 0.1) is 0 Å². The van der Waals surface area contributed by atoms with Crippen molar-refractivity contribution >= 4 is 50.4 Å². The van der Waals surface area contributed by atoms with E-state index in [1.807, 2.05) is 60.7 Å². The molecular weight excluding hydrogens is 494 g/mol. The second-order valence-corrected chi connectivity index (χ2v) is 9.41. The number of nitrogens with one attached hydrogen (secondary N) is 1. The third-order valence-corrected chi connectivity index (χ3v) is 7.13. The topological polar surface area (TPSA) is 86.5 Å². The van der Waals surface area contributed by atoms with Gasteiger partial charge < -0.3 is 20.5 Å². The van der Waals surface area contributed by atoms with Crippen molar-refractivity contribution in [1.82, 2.24) is 4.98 Å². The summed E-state index contributed by atoms with van der Waals surface area (Å²) in [5.41, 5.74) is 11.0. The minimum absolute atomic E-state index is 0.356. The van der Waals surface area contributed by atoms with E-state index in [1.165, 1.54) is 11.3 Å². The number of nitrogens with two attached hydrogens (primary N) is 1. The first-order valence-corrected chi connectivity index (χ1v) is 12.3. The molecule has 36 heavy (non-hydrogen) atoms. The van der Waals surface area contributed by atoms with E-state index in [2.05, 4.69) is 5.32 Å². The van der Waals surface area contributed by atoms with Crippen LogP contribution in [0.15, 0.2) is 78.9 Å². The van der Waals surface area contributed by atoms with Crippen LogP contribution in [0.2, 0.25) is 5.02 Å². The van der Waals surface area contributed by atoms with Gasteiger partial charge in [-0.25, -0.2) is 4.98 Å². The van der Waals surface area contributed by atoms with Gasteiger partial charge in [0.15, 0.2) is 0 Å². The molecule has 0 aliphatic rings. The second-order valence-electron chi connectivity index (χ2n) is 7.97. The Hall–Kier alpha value is -4.07. The molecule has 1 amide bonds. The van der Waals surface area contributed by atoms with Gasteiger partial charge >= 0.3 is 0 Å². The van der Waals surface area contributed by atoms with Crippen LogP contribution in [-0.4, -0.2) is 25.1 Å². The second kappa shape index (κ2) is 9.89. The zero-order valence-corrected chi connectivity index (χ0v) is 21.1. The summed E-state index contributed by atoms with van der Waals surface area (Å²) in [5, 5.41) is 4.27. The molecule has 5 rings (SSSR count). The predicted octanol–water partition coefficient (Wildman–Crippen LogP) is 7.14. The highest BCUT2D eigenvalue weighted by molar-refractivity contribution is 7.21. The summed E-state index contributed by atoms with van der Waals surface area (Å²) in [5.74, 6) is 0.746. The number of aromatic nitrogens is 1. The number of hydrogen-bond acceptors (Lipinski definition) is 6. The molecule has 6 nitrogen and oxygen atoms in total. The number of nitrogens with zero attached hydrogens (tertiary/aromatic N) is 1. The van der Waals surface area contributed by atoms with Gasteiger partial charge in [-0.3, -0.25) is 4.79 Å². The maximum absolute atomic E-state index is 13.4. The van der Waals surface area contributed by atoms with Crippen molar-refractivity contribution in [2.45, 2.75) is 0 Å². The number of ether oxygens (including phenoxy) is 2. The van der Waals surface area contributed by atoms with Gasteiger partial charge in [-0.15, -0.1) is 11.3 Å². The van der Waals surface area contributed by atoms with Gasteiger partial charge in [0.2, 0.25) is 0 Å². The van der Waals surface area contributed by atoms with Crippen LogP contribution in [0.4, 0.5) is 11.4 Å². The van der Waals surface area contributed by atoms with Crippen LogP contribution in [0.25, 0.3) is 32.6 Å². The zero-order chi connectivity index (χ0) is 25.2. The van der Waals surface area contributed by atoms with E-state index in [0.29, 0.717) is 37.6 Å².